The Labute approximate surface area is 205 Å². The van der Waals surface area contributed by atoms with Gasteiger partial charge in [0.25, 0.3) is 10.0 Å². The van der Waals surface area contributed by atoms with Crippen molar-refractivity contribution in [3.8, 4) is 0 Å². The molecule has 0 fully saturated rings. The van der Waals surface area contributed by atoms with Crippen LogP contribution in [-0.2, 0) is 31.0 Å². The highest BCUT2D eigenvalue weighted by Gasteiger charge is 2.32. The summed E-state index contributed by atoms with van der Waals surface area (Å²) in [7, 11) is -8.15. The molecular weight excluding hydrogens is 523 g/mol. The highest BCUT2D eigenvalue weighted by molar-refractivity contribution is 7.92. The Morgan fingerprint density at radius 2 is 1.69 bits per heavy atom. The van der Waals surface area contributed by atoms with E-state index in [-0.39, 0.29) is 22.2 Å². The lowest BCUT2D eigenvalue weighted by atomic mass is 10.2. The molecule has 0 saturated carbocycles. The minimum Gasteiger partial charge on any atom is -0.325 e. The van der Waals surface area contributed by atoms with Gasteiger partial charge >= 0.3 is 6.18 Å². The van der Waals surface area contributed by atoms with Crippen molar-refractivity contribution in [3.63, 3.8) is 0 Å². The quantitative estimate of drug-likeness (QED) is 0.445. The van der Waals surface area contributed by atoms with Crippen LogP contribution in [0.25, 0.3) is 0 Å². The van der Waals surface area contributed by atoms with Crippen molar-refractivity contribution in [2.24, 2.45) is 0 Å². The number of carbonyl (C=O) groups is 1. The fourth-order valence-corrected chi connectivity index (χ4v) is 4.76. The Kier molecular flexibility index (Phi) is 7.54. The number of alkyl halides is 3. The van der Waals surface area contributed by atoms with Crippen LogP contribution in [0.15, 0.2) is 65.7 Å². The Balaban J connectivity index is 1.74. The van der Waals surface area contributed by atoms with E-state index in [1.165, 1.54) is 30.5 Å². The third-order valence-corrected chi connectivity index (χ3v) is 7.10. The zero-order valence-electron chi connectivity index (χ0n) is 18.8. The molecule has 192 valence electrons. The zero-order chi connectivity index (χ0) is 26.7. The molecular formula is C21H20F3N5O5S2. The monoisotopic (exact) mass is 543 g/mol. The van der Waals surface area contributed by atoms with E-state index in [1.54, 1.807) is 13.0 Å². The molecule has 2 aromatic carbocycles. The molecule has 1 aromatic heterocycles. The summed E-state index contributed by atoms with van der Waals surface area (Å²) in [5, 5.41) is 2.39. The van der Waals surface area contributed by atoms with Crippen LogP contribution in [0.3, 0.4) is 0 Å². The molecule has 10 nitrogen and oxygen atoms in total. The average molecular weight is 544 g/mol. The number of hydrogen-bond donors (Lipinski definition) is 2. The van der Waals surface area contributed by atoms with E-state index in [1.807, 2.05) is 0 Å². The molecule has 3 rings (SSSR count). The van der Waals surface area contributed by atoms with Crippen LogP contribution in [0.2, 0.25) is 0 Å². The van der Waals surface area contributed by atoms with Gasteiger partial charge in [0.05, 0.1) is 22.4 Å². The second-order valence-electron chi connectivity index (χ2n) is 7.52. The van der Waals surface area contributed by atoms with Crippen molar-refractivity contribution in [3.05, 3.63) is 72.1 Å². The van der Waals surface area contributed by atoms with E-state index in [0.717, 1.165) is 24.5 Å². The van der Waals surface area contributed by atoms with Gasteiger partial charge in [-0.25, -0.2) is 31.5 Å². The number of aryl methyl sites for hydroxylation is 1. The lowest BCUT2D eigenvalue weighted by Crippen LogP contribution is -2.37. The SMILES string of the molecule is Cc1ccnc(NS(=O)(=O)c2ccc(NC(=O)CN(c3cccc(C(F)(F)F)c3)S(C)(=O)=O)cc2)n1. The lowest BCUT2D eigenvalue weighted by molar-refractivity contribution is -0.137. The van der Waals surface area contributed by atoms with E-state index in [0.29, 0.717) is 16.1 Å². The topological polar surface area (TPSA) is 138 Å². The third-order valence-electron chi connectivity index (χ3n) is 4.62. The average Bonchev–Trinajstić information content (AvgIpc) is 2.76. The summed E-state index contributed by atoms with van der Waals surface area (Å²) in [5.74, 6) is -0.984. The Morgan fingerprint density at radius 3 is 2.28 bits per heavy atom. The van der Waals surface area contributed by atoms with Crippen molar-refractivity contribution in [2.75, 3.05) is 27.1 Å². The molecule has 0 aliphatic rings. The molecule has 0 unspecified atom stereocenters. The summed E-state index contributed by atoms with van der Waals surface area (Å²) in [6, 6.07) is 10.1. The molecule has 15 heteroatoms. The Bertz CT molecular complexity index is 1480. The summed E-state index contributed by atoms with van der Waals surface area (Å²) in [5.41, 5.74) is -0.735. The van der Waals surface area contributed by atoms with E-state index in [9.17, 15) is 34.8 Å². The minimum absolute atomic E-state index is 0.122. The standard InChI is InChI=1S/C21H20F3N5O5S2/c1-14-10-11-25-20(26-14)28-36(33,34)18-8-6-16(7-9-18)27-19(30)13-29(35(2,31)32)17-5-3-4-15(12-17)21(22,23)24/h3-12H,13H2,1-2H3,(H,27,30)(H,25,26,28). The second-order valence-corrected chi connectivity index (χ2v) is 11.1. The summed E-state index contributed by atoms with van der Waals surface area (Å²) in [4.78, 5) is 20.1. The van der Waals surface area contributed by atoms with E-state index >= 15 is 0 Å². The van der Waals surface area contributed by atoms with Crippen molar-refractivity contribution in [2.45, 2.75) is 18.0 Å². The summed E-state index contributed by atoms with van der Waals surface area (Å²) < 4.78 is 91.3. The van der Waals surface area contributed by atoms with Crippen LogP contribution in [0.5, 0.6) is 0 Å². The van der Waals surface area contributed by atoms with Gasteiger partial charge in [0.15, 0.2) is 0 Å². The molecule has 0 bridgehead atoms. The van der Waals surface area contributed by atoms with E-state index in [4.69, 9.17) is 0 Å². The maximum Gasteiger partial charge on any atom is 0.416 e. The first kappa shape index (κ1) is 26.9. The molecule has 2 N–H and O–H groups in total. The normalized spacial score (nSPS) is 12.1. The number of sulfonamides is 2. The maximum absolute atomic E-state index is 13.0. The maximum atomic E-state index is 13.0. The summed E-state index contributed by atoms with van der Waals surface area (Å²) in [6.45, 7) is 0.849. The molecule has 0 spiro atoms. The first-order valence-corrected chi connectivity index (χ1v) is 13.4. The molecule has 0 aliphatic heterocycles. The van der Waals surface area contributed by atoms with Gasteiger partial charge in [-0.15, -0.1) is 0 Å². The fourth-order valence-electron chi connectivity index (χ4n) is 2.96. The van der Waals surface area contributed by atoms with E-state index in [2.05, 4.69) is 20.0 Å². The minimum atomic E-state index is -4.70. The van der Waals surface area contributed by atoms with Crippen LogP contribution in [0.1, 0.15) is 11.3 Å². The summed E-state index contributed by atoms with van der Waals surface area (Å²) >= 11 is 0. The van der Waals surface area contributed by atoms with Gasteiger partial charge < -0.3 is 5.32 Å². The van der Waals surface area contributed by atoms with Crippen LogP contribution in [0.4, 0.5) is 30.5 Å². The fraction of sp³-hybridized carbons (Fsp3) is 0.190. The van der Waals surface area contributed by atoms with Crippen LogP contribution in [-0.4, -0.2) is 45.5 Å². The molecule has 1 amide bonds. The molecule has 1 heterocycles. The highest BCUT2D eigenvalue weighted by Crippen LogP contribution is 2.32. The number of halogens is 3. The first-order chi connectivity index (χ1) is 16.6. The second kappa shape index (κ2) is 10.1. The Morgan fingerprint density at radius 1 is 1.03 bits per heavy atom. The van der Waals surface area contributed by atoms with Crippen molar-refractivity contribution >= 4 is 43.3 Å². The number of anilines is 3. The largest absolute Gasteiger partial charge is 0.416 e. The Hall–Kier alpha value is -3.72. The number of amides is 1. The number of aromatic nitrogens is 2. The van der Waals surface area contributed by atoms with Gasteiger partial charge in [-0.3, -0.25) is 9.10 Å². The van der Waals surface area contributed by atoms with Gasteiger partial charge in [0.1, 0.15) is 6.54 Å². The van der Waals surface area contributed by atoms with Crippen LogP contribution < -0.4 is 14.3 Å². The first-order valence-electron chi connectivity index (χ1n) is 10.0. The molecule has 0 saturated heterocycles. The van der Waals surface area contributed by atoms with Crippen LogP contribution >= 0.6 is 0 Å². The van der Waals surface area contributed by atoms with Gasteiger partial charge in [-0.05, 0) is 55.5 Å². The number of carbonyl (C=O) groups excluding carboxylic acids is 1. The van der Waals surface area contributed by atoms with Crippen molar-refractivity contribution < 1.29 is 34.8 Å². The molecule has 0 radical (unpaired) electrons. The summed E-state index contributed by atoms with van der Waals surface area (Å²) in [6.07, 6.45) is -2.56. The predicted octanol–water partition coefficient (Wildman–Crippen LogP) is 3.01. The molecule has 0 atom stereocenters. The number of nitrogens with one attached hydrogen (secondary N) is 2. The van der Waals surface area contributed by atoms with Crippen molar-refractivity contribution in [1.29, 1.82) is 0 Å². The zero-order valence-corrected chi connectivity index (χ0v) is 20.4. The van der Waals surface area contributed by atoms with Gasteiger partial charge in [-0.2, -0.15) is 13.2 Å². The molecule has 3 aromatic rings. The van der Waals surface area contributed by atoms with Gasteiger partial charge in [0.2, 0.25) is 21.9 Å². The van der Waals surface area contributed by atoms with Gasteiger partial charge in [-0.1, -0.05) is 6.07 Å². The lowest BCUT2D eigenvalue weighted by Gasteiger charge is -2.22. The van der Waals surface area contributed by atoms with Crippen molar-refractivity contribution in [1.82, 2.24) is 9.97 Å². The molecule has 36 heavy (non-hydrogen) atoms. The van der Waals surface area contributed by atoms with Gasteiger partial charge in [0, 0.05) is 17.6 Å². The van der Waals surface area contributed by atoms with Crippen LogP contribution in [0, 0.1) is 6.92 Å². The number of nitrogens with zero attached hydrogens (tertiary/aromatic N) is 3. The smallest absolute Gasteiger partial charge is 0.325 e. The highest BCUT2D eigenvalue weighted by atomic mass is 32.2. The number of hydrogen-bond acceptors (Lipinski definition) is 7. The number of benzene rings is 2. The van der Waals surface area contributed by atoms with E-state index < -0.39 is 44.2 Å². The predicted molar refractivity (Wildman–Crippen MR) is 126 cm³/mol. The number of rotatable bonds is 8. The molecule has 0 aliphatic carbocycles. The third kappa shape index (κ3) is 6.91.